The van der Waals surface area contributed by atoms with Gasteiger partial charge in [0.05, 0.1) is 0 Å². The summed E-state index contributed by atoms with van der Waals surface area (Å²) in [6, 6.07) is 1.10. The van der Waals surface area contributed by atoms with Crippen LogP contribution in [-0.2, 0) is 6.18 Å². The molecule has 1 heterocycles. The second kappa shape index (κ2) is 7.72. The van der Waals surface area contributed by atoms with Crippen molar-refractivity contribution in [3.8, 4) is 0 Å². The van der Waals surface area contributed by atoms with Gasteiger partial charge in [0.15, 0.2) is 5.69 Å². The predicted octanol–water partition coefficient (Wildman–Crippen LogP) is 3.51. The predicted molar refractivity (Wildman–Crippen MR) is 82.1 cm³/mol. The van der Waals surface area contributed by atoms with Crippen LogP contribution in [0, 0.1) is 0 Å². The molecule has 0 fully saturated rings. The van der Waals surface area contributed by atoms with Gasteiger partial charge in [0.1, 0.15) is 5.82 Å². The molecule has 0 spiro atoms. The molecule has 0 aliphatic carbocycles. The van der Waals surface area contributed by atoms with Gasteiger partial charge in [0.25, 0.3) is 0 Å². The Kier molecular flexibility index (Phi) is 6.57. The number of thioether (sulfide) groups is 1. The lowest BCUT2D eigenvalue weighted by Crippen LogP contribution is -2.31. The van der Waals surface area contributed by atoms with Gasteiger partial charge in [-0.1, -0.05) is 0 Å². The minimum Gasteiger partial charge on any atom is -0.357 e. The maximum Gasteiger partial charge on any atom is 0.433 e. The molecule has 120 valence electrons. The highest BCUT2D eigenvalue weighted by Gasteiger charge is 2.34. The van der Waals surface area contributed by atoms with Crippen molar-refractivity contribution in [3.05, 3.63) is 11.8 Å². The van der Waals surface area contributed by atoms with E-state index in [2.05, 4.69) is 15.3 Å². The number of halogens is 3. The third-order valence-corrected chi connectivity index (χ3v) is 3.74. The lowest BCUT2D eigenvalue weighted by Gasteiger charge is -2.26. The fourth-order valence-corrected chi connectivity index (χ4v) is 2.28. The Labute approximate surface area is 127 Å². The van der Waals surface area contributed by atoms with Crippen molar-refractivity contribution in [1.82, 2.24) is 9.97 Å². The van der Waals surface area contributed by atoms with Gasteiger partial charge in [-0.3, -0.25) is 0 Å². The Hall–Kier alpha value is -1.18. The molecule has 4 nitrogen and oxygen atoms in total. The van der Waals surface area contributed by atoms with Gasteiger partial charge in [-0.2, -0.15) is 29.9 Å². The molecular formula is C13H21F3N4S. The summed E-state index contributed by atoms with van der Waals surface area (Å²) in [5.74, 6) is 1.23. The van der Waals surface area contributed by atoms with Crippen molar-refractivity contribution < 1.29 is 13.2 Å². The summed E-state index contributed by atoms with van der Waals surface area (Å²) in [7, 11) is 1.75. The van der Waals surface area contributed by atoms with Crippen LogP contribution in [0.5, 0.6) is 0 Å². The van der Waals surface area contributed by atoms with Gasteiger partial charge in [0.2, 0.25) is 5.95 Å². The first-order chi connectivity index (χ1) is 9.79. The van der Waals surface area contributed by atoms with E-state index in [-0.39, 0.29) is 17.8 Å². The Bertz CT molecular complexity index is 454. The number of hydrogen-bond acceptors (Lipinski definition) is 5. The van der Waals surface area contributed by atoms with Crippen LogP contribution >= 0.6 is 11.8 Å². The molecular weight excluding hydrogens is 301 g/mol. The van der Waals surface area contributed by atoms with E-state index < -0.39 is 11.9 Å². The highest BCUT2D eigenvalue weighted by Crippen LogP contribution is 2.30. The van der Waals surface area contributed by atoms with Crippen LogP contribution in [-0.4, -0.2) is 41.6 Å². The largest absolute Gasteiger partial charge is 0.433 e. The fraction of sp³-hybridized carbons (Fsp3) is 0.692. The molecule has 1 N–H and O–H groups in total. The molecule has 1 rings (SSSR count). The van der Waals surface area contributed by atoms with Crippen molar-refractivity contribution in [2.24, 2.45) is 0 Å². The molecule has 1 aromatic heterocycles. The van der Waals surface area contributed by atoms with E-state index in [4.69, 9.17) is 0 Å². The van der Waals surface area contributed by atoms with Crippen molar-refractivity contribution in [1.29, 1.82) is 0 Å². The van der Waals surface area contributed by atoms with Crippen LogP contribution in [0.3, 0.4) is 0 Å². The van der Waals surface area contributed by atoms with E-state index in [1.807, 2.05) is 13.2 Å². The van der Waals surface area contributed by atoms with E-state index in [1.54, 1.807) is 30.6 Å². The smallest absolute Gasteiger partial charge is 0.357 e. The van der Waals surface area contributed by atoms with E-state index in [0.29, 0.717) is 6.54 Å². The van der Waals surface area contributed by atoms with E-state index in [1.165, 1.54) is 0 Å². The molecule has 1 aromatic rings. The van der Waals surface area contributed by atoms with Crippen LogP contribution in [0.4, 0.5) is 24.9 Å². The number of aromatic nitrogens is 2. The van der Waals surface area contributed by atoms with Gasteiger partial charge < -0.3 is 10.2 Å². The zero-order valence-corrected chi connectivity index (χ0v) is 13.5. The molecule has 0 amide bonds. The molecule has 0 aliphatic rings. The molecule has 8 heteroatoms. The Morgan fingerprint density at radius 1 is 1.38 bits per heavy atom. The van der Waals surface area contributed by atoms with E-state index in [9.17, 15) is 13.2 Å². The third kappa shape index (κ3) is 5.26. The van der Waals surface area contributed by atoms with E-state index >= 15 is 0 Å². The SMILES string of the molecule is CCNc1nc(N(C)C(C)CCSC)cc(C(F)(F)F)n1. The van der Waals surface area contributed by atoms with Gasteiger partial charge in [0, 0.05) is 25.7 Å². The second-order valence-corrected chi connectivity index (χ2v) is 5.69. The fourth-order valence-electron chi connectivity index (χ4n) is 1.71. The van der Waals surface area contributed by atoms with Crippen LogP contribution in [0.25, 0.3) is 0 Å². The molecule has 0 radical (unpaired) electrons. The zero-order valence-electron chi connectivity index (χ0n) is 12.7. The second-order valence-electron chi connectivity index (χ2n) is 4.70. The number of nitrogens with zero attached hydrogens (tertiary/aromatic N) is 3. The number of alkyl halides is 3. The molecule has 0 bridgehead atoms. The molecule has 0 saturated carbocycles. The topological polar surface area (TPSA) is 41.1 Å². The number of nitrogens with one attached hydrogen (secondary N) is 1. The summed E-state index contributed by atoms with van der Waals surface area (Å²) in [6.45, 7) is 4.22. The number of anilines is 2. The summed E-state index contributed by atoms with van der Waals surface area (Å²) in [5.41, 5.74) is -0.924. The van der Waals surface area contributed by atoms with Gasteiger partial charge >= 0.3 is 6.18 Å². The Balaban J connectivity index is 3.07. The molecule has 0 aromatic carbocycles. The number of hydrogen-bond donors (Lipinski definition) is 1. The lowest BCUT2D eigenvalue weighted by atomic mass is 10.2. The summed E-state index contributed by atoms with van der Waals surface area (Å²) in [5, 5.41) is 2.74. The quantitative estimate of drug-likeness (QED) is 0.832. The van der Waals surface area contributed by atoms with Crippen LogP contribution < -0.4 is 10.2 Å². The standard InChI is InChI=1S/C13H21F3N4S/c1-5-17-12-18-10(13(14,15)16)8-11(19-12)20(3)9(2)6-7-21-4/h8-9H,5-7H2,1-4H3,(H,17,18,19). The van der Waals surface area contributed by atoms with Crippen LogP contribution in [0.2, 0.25) is 0 Å². The van der Waals surface area contributed by atoms with Gasteiger partial charge in [-0.05, 0) is 32.3 Å². The highest BCUT2D eigenvalue weighted by molar-refractivity contribution is 7.98. The van der Waals surface area contributed by atoms with E-state index in [0.717, 1.165) is 18.2 Å². The molecule has 1 unspecified atom stereocenters. The minimum atomic E-state index is -4.48. The van der Waals surface area contributed by atoms with Gasteiger partial charge in [-0.15, -0.1) is 0 Å². The molecule has 0 aliphatic heterocycles. The molecule has 0 saturated heterocycles. The average molecular weight is 322 g/mol. The maximum atomic E-state index is 12.9. The van der Waals surface area contributed by atoms with Gasteiger partial charge in [-0.25, -0.2) is 4.98 Å². The summed E-state index contributed by atoms with van der Waals surface area (Å²) in [6.07, 6.45) is -1.60. The minimum absolute atomic E-state index is 0.00578. The first kappa shape index (κ1) is 17.9. The number of rotatable bonds is 7. The normalized spacial score (nSPS) is 13.1. The monoisotopic (exact) mass is 322 g/mol. The lowest BCUT2D eigenvalue weighted by molar-refractivity contribution is -0.141. The summed E-state index contributed by atoms with van der Waals surface area (Å²) < 4.78 is 38.7. The van der Waals surface area contributed by atoms with Crippen LogP contribution in [0.1, 0.15) is 26.0 Å². The zero-order chi connectivity index (χ0) is 16.0. The van der Waals surface area contributed by atoms with Crippen molar-refractivity contribution in [2.75, 3.05) is 35.8 Å². The Morgan fingerprint density at radius 2 is 2.05 bits per heavy atom. The van der Waals surface area contributed by atoms with Crippen molar-refractivity contribution >= 4 is 23.5 Å². The molecule has 1 atom stereocenters. The summed E-state index contributed by atoms with van der Waals surface area (Å²) in [4.78, 5) is 9.44. The first-order valence-corrected chi connectivity index (χ1v) is 8.10. The molecule has 21 heavy (non-hydrogen) atoms. The summed E-state index contributed by atoms with van der Waals surface area (Å²) >= 11 is 1.71. The highest BCUT2D eigenvalue weighted by atomic mass is 32.2. The maximum absolute atomic E-state index is 12.9. The average Bonchev–Trinajstić information content (AvgIpc) is 2.43. The van der Waals surface area contributed by atoms with Crippen molar-refractivity contribution in [2.45, 2.75) is 32.5 Å². The first-order valence-electron chi connectivity index (χ1n) is 6.71. The van der Waals surface area contributed by atoms with Crippen molar-refractivity contribution in [3.63, 3.8) is 0 Å². The third-order valence-electron chi connectivity index (χ3n) is 3.10. The Morgan fingerprint density at radius 3 is 2.57 bits per heavy atom. The van der Waals surface area contributed by atoms with Crippen LogP contribution in [0.15, 0.2) is 6.07 Å².